The molecule has 1 aliphatic rings. The van der Waals surface area contributed by atoms with Gasteiger partial charge in [-0.3, -0.25) is 4.68 Å². The van der Waals surface area contributed by atoms with Gasteiger partial charge in [0.05, 0.1) is 30.1 Å². The monoisotopic (exact) mass is 446 g/mol. The maximum atomic E-state index is 13.0. The molecule has 164 valence electrons. The molecule has 1 saturated heterocycles. The molecule has 3 heterocycles. The number of nitrogens with zero attached hydrogens (tertiary/aromatic N) is 5. The first-order valence-electron chi connectivity index (χ1n) is 10.1. The lowest BCUT2D eigenvalue weighted by molar-refractivity contribution is 0.122. The van der Waals surface area contributed by atoms with Gasteiger partial charge in [0, 0.05) is 37.1 Å². The number of ether oxygens (including phenoxy) is 2. The van der Waals surface area contributed by atoms with Crippen LogP contribution >= 0.6 is 11.6 Å². The molecule has 0 saturated carbocycles. The van der Waals surface area contributed by atoms with Crippen molar-refractivity contribution in [2.45, 2.75) is 19.9 Å². The average Bonchev–Trinajstić information content (AvgIpc) is 3.27. The summed E-state index contributed by atoms with van der Waals surface area (Å²) in [6.45, 7) is 5.88. The minimum atomic E-state index is -0.916. The Morgan fingerprint density at radius 3 is 2.77 bits per heavy atom. The highest BCUT2D eigenvalue weighted by atomic mass is 35.5. The first-order valence-corrected chi connectivity index (χ1v) is 10.4. The van der Waals surface area contributed by atoms with Crippen molar-refractivity contribution in [3.63, 3.8) is 0 Å². The molecule has 8 nitrogen and oxygen atoms in total. The Kier molecular flexibility index (Phi) is 6.53. The second-order valence-electron chi connectivity index (χ2n) is 7.33. The van der Waals surface area contributed by atoms with Crippen molar-refractivity contribution < 1.29 is 13.9 Å². The van der Waals surface area contributed by atoms with Crippen LogP contribution in [0, 0.1) is 0 Å². The average molecular weight is 447 g/mol. The summed E-state index contributed by atoms with van der Waals surface area (Å²) < 4.78 is 25.5. The number of halogens is 2. The first kappa shape index (κ1) is 21.3. The molecule has 0 spiro atoms. The minimum absolute atomic E-state index is 0.228. The number of benzene rings is 1. The van der Waals surface area contributed by atoms with Crippen LogP contribution in [-0.4, -0.2) is 52.9 Å². The number of alkyl halides is 1. The van der Waals surface area contributed by atoms with E-state index in [9.17, 15) is 4.39 Å². The number of aromatic nitrogens is 4. The standard InChI is InChI=1S/C21H24ClFN6O2/c1-14(2)29-6-5-17(27-29)20-16(22)12-24-21(26-20)25-15-3-4-18(19(11-15)31-13-23)28-7-9-30-10-8-28/h3-6,11-12,14H,7-10,13H2,1-2H3,(H,24,25,26). The summed E-state index contributed by atoms with van der Waals surface area (Å²) in [6.07, 6.45) is 3.41. The molecular formula is C21H24ClFN6O2. The number of hydrogen-bond donors (Lipinski definition) is 1. The van der Waals surface area contributed by atoms with Crippen LogP contribution in [0.1, 0.15) is 19.9 Å². The van der Waals surface area contributed by atoms with E-state index in [-0.39, 0.29) is 6.04 Å². The van der Waals surface area contributed by atoms with Gasteiger partial charge in [-0.05, 0) is 32.0 Å². The SMILES string of the molecule is CC(C)n1ccc(-c2nc(Nc3ccc(N4CCOCC4)c(OCF)c3)ncc2Cl)n1. The van der Waals surface area contributed by atoms with Crippen molar-refractivity contribution in [3.05, 3.63) is 41.7 Å². The van der Waals surface area contributed by atoms with Gasteiger partial charge in [0.2, 0.25) is 12.8 Å². The van der Waals surface area contributed by atoms with Gasteiger partial charge in [0.15, 0.2) is 0 Å². The molecule has 0 atom stereocenters. The van der Waals surface area contributed by atoms with E-state index in [1.807, 2.05) is 42.9 Å². The van der Waals surface area contributed by atoms with Crippen molar-refractivity contribution >= 4 is 28.9 Å². The van der Waals surface area contributed by atoms with Crippen molar-refractivity contribution in [3.8, 4) is 17.1 Å². The van der Waals surface area contributed by atoms with Crippen LogP contribution in [0.5, 0.6) is 5.75 Å². The number of anilines is 3. The van der Waals surface area contributed by atoms with E-state index in [1.165, 1.54) is 6.20 Å². The van der Waals surface area contributed by atoms with Crippen molar-refractivity contribution in [1.29, 1.82) is 0 Å². The molecule has 1 fully saturated rings. The van der Waals surface area contributed by atoms with Crippen molar-refractivity contribution in [2.24, 2.45) is 0 Å². The molecule has 2 aromatic heterocycles. The second kappa shape index (κ2) is 9.49. The van der Waals surface area contributed by atoms with Crippen LogP contribution < -0.4 is 15.0 Å². The fourth-order valence-electron chi connectivity index (χ4n) is 3.32. The topological polar surface area (TPSA) is 77.3 Å². The lowest BCUT2D eigenvalue weighted by atomic mass is 10.2. The lowest BCUT2D eigenvalue weighted by Gasteiger charge is -2.30. The van der Waals surface area contributed by atoms with Crippen LogP contribution in [0.3, 0.4) is 0 Å². The molecule has 0 aliphatic carbocycles. The number of hydrogen-bond acceptors (Lipinski definition) is 7. The van der Waals surface area contributed by atoms with Crippen LogP contribution in [0.25, 0.3) is 11.4 Å². The molecule has 1 aliphatic heterocycles. The van der Waals surface area contributed by atoms with Gasteiger partial charge in [-0.2, -0.15) is 5.10 Å². The molecule has 1 aromatic carbocycles. The Morgan fingerprint density at radius 2 is 2.06 bits per heavy atom. The maximum absolute atomic E-state index is 13.0. The normalized spacial score (nSPS) is 14.2. The van der Waals surface area contributed by atoms with Gasteiger partial charge < -0.3 is 19.7 Å². The summed E-state index contributed by atoms with van der Waals surface area (Å²) in [7, 11) is 0. The highest BCUT2D eigenvalue weighted by molar-refractivity contribution is 6.32. The molecule has 3 aromatic rings. The summed E-state index contributed by atoms with van der Waals surface area (Å²) in [5.41, 5.74) is 2.68. The predicted octanol–water partition coefficient (Wildman–Crippen LogP) is 4.46. The number of nitrogens with one attached hydrogen (secondary N) is 1. The van der Waals surface area contributed by atoms with E-state index in [4.69, 9.17) is 21.1 Å². The highest BCUT2D eigenvalue weighted by Gasteiger charge is 2.17. The molecule has 0 amide bonds. The molecule has 0 radical (unpaired) electrons. The predicted molar refractivity (Wildman–Crippen MR) is 118 cm³/mol. The molecule has 0 unspecified atom stereocenters. The summed E-state index contributed by atoms with van der Waals surface area (Å²) in [6, 6.07) is 7.59. The van der Waals surface area contributed by atoms with E-state index in [2.05, 4.69) is 25.3 Å². The zero-order valence-electron chi connectivity index (χ0n) is 17.4. The largest absolute Gasteiger partial charge is 0.461 e. The molecule has 4 rings (SSSR count). The first-order chi connectivity index (χ1) is 15.0. The Labute approximate surface area is 185 Å². The summed E-state index contributed by atoms with van der Waals surface area (Å²) >= 11 is 6.32. The Hall–Kier alpha value is -2.91. The van der Waals surface area contributed by atoms with E-state index in [0.29, 0.717) is 47.0 Å². The van der Waals surface area contributed by atoms with E-state index >= 15 is 0 Å². The maximum Gasteiger partial charge on any atom is 0.228 e. The van der Waals surface area contributed by atoms with Gasteiger partial charge >= 0.3 is 0 Å². The Bertz CT molecular complexity index is 1040. The molecule has 0 bridgehead atoms. The molecule has 1 N–H and O–H groups in total. The van der Waals surface area contributed by atoms with Gasteiger partial charge in [0.1, 0.15) is 17.1 Å². The molecule has 31 heavy (non-hydrogen) atoms. The van der Waals surface area contributed by atoms with Crippen LogP contribution in [0.4, 0.5) is 21.7 Å². The second-order valence-corrected chi connectivity index (χ2v) is 7.73. The van der Waals surface area contributed by atoms with E-state index < -0.39 is 6.86 Å². The third kappa shape index (κ3) is 4.88. The van der Waals surface area contributed by atoms with E-state index in [1.54, 1.807) is 6.07 Å². The number of morpholine rings is 1. The fraction of sp³-hybridized carbons (Fsp3) is 0.381. The van der Waals surface area contributed by atoms with Gasteiger partial charge in [-0.1, -0.05) is 11.6 Å². The Morgan fingerprint density at radius 1 is 1.26 bits per heavy atom. The summed E-state index contributed by atoms with van der Waals surface area (Å²) in [5.74, 6) is 0.795. The van der Waals surface area contributed by atoms with Crippen LogP contribution in [0.15, 0.2) is 36.7 Å². The molecular weight excluding hydrogens is 423 g/mol. The molecule has 10 heteroatoms. The Balaban J connectivity index is 1.59. The lowest BCUT2D eigenvalue weighted by Crippen LogP contribution is -2.36. The highest BCUT2D eigenvalue weighted by Crippen LogP contribution is 2.33. The third-order valence-corrected chi connectivity index (χ3v) is 5.18. The van der Waals surface area contributed by atoms with Crippen molar-refractivity contribution in [2.75, 3.05) is 43.4 Å². The van der Waals surface area contributed by atoms with E-state index in [0.717, 1.165) is 18.8 Å². The number of rotatable bonds is 7. The zero-order valence-corrected chi connectivity index (χ0v) is 18.1. The quantitative estimate of drug-likeness (QED) is 0.574. The van der Waals surface area contributed by atoms with Gasteiger partial charge in [-0.25, -0.2) is 14.4 Å². The fourth-order valence-corrected chi connectivity index (χ4v) is 3.51. The third-order valence-electron chi connectivity index (χ3n) is 4.90. The summed E-state index contributed by atoms with van der Waals surface area (Å²) in [5, 5.41) is 8.07. The van der Waals surface area contributed by atoms with Crippen molar-refractivity contribution in [1.82, 2.24) is 19.7 Å². The summed E-state index contributed by atoms with van der Waals surface area (Å²) in [4.78, 5) is 10.9. The van der Waals surface area contributed by atoms with Gasteiger partial charge in [0.25, 0.3) is 0 Å². The smallest absolute Gasteiger partial charge is 0.228 e. The van der Waals surface area contributed by atoms with Crippen LogP contribution in [0.2, 0.25) is 5.02 Å². The van der Waals surface area contributed by atoms with Crippen LogP contribution in [-0.2, 0) is 4.74 Å². The van der Waals surface area contributed by atoms with Gasteiger partial charge in [-0.15, -0.1) is 0 Å². The minimum Gasteiger partial charge on any atom is -0.461 e. The zero-order chi connectivity index (χ0) is 21.8.